The summed E-state index contributed by atoms with van der Waals surface area (Å²) in [6.45, 7) is 1.93. The minimum atomic E-state index is -0.587. The molecule has 0 atom stereocenters. The predicted octanol–water partition coefficient (Wildman–Crippen LogP) is 3.85. The van der Waals surface area contributed by atoms with Crippen molar-refractivity contribution >= 4 is 63.6 Å². The van der Waals surface area contributed by atoms with Crippen LogP contribution in [0.15, 0.2) is 67.1 Å². The second kappa shape index (κ2) is 17.6. The number of benzene rings is 2. The molecule has 4 amide bonds. The molecule has 0 saturated carbocycles. The Kier molecular flexibility index (Phi) is 12.1. The van der Waals surface area contributed by atoms with E-state index >= 15 is 0 Å². The summed E-state index contributed by atoms with van der Waals surface area (Å²) in [5.74, 6) is -1.19. The van der Waals surface area contributed by atoms with Gasteiger partial charge in [0.05, 0.1) is 27.8 Å². The summed E-state index contributed by atoms with van der Waals surface area (Å²) in [5.41, 5.74) is 14.1. The van der Waals surface area contributed by atoms with Gasteiger partial charge in [-0.05, 0) is 47.9 Å². The molecule has 0 fully saturated rings. The number of halogens is 2. The lowest BCUT2D eigenvalue weighted by Gasteiger charge is -2.26. The lowest BCUT2D eigenvalue weighted by molar-refractivity contribution is -0.135. The number of rotatable bonds is 13. The molecule has 1 aliphatic heterocycles. The quantitative estimate of drug-likeness (QED) is 0.0831. The monoisotopic (exact) mass is 838 g/mol. The highest BCUT2D eigenvalue weighted by Crippen LogP contribution is 2.42. The summed E-state index contributed by atoms with van der Waals surface area (Å²) >= 11 is 13.1. The molecule has 5 heterocycles. The van der Waals surface area contributed by atoms with Crippen LogP contribution in [0.1, 0.15) is 34.2 Å². The van der Waals surface area contributed by atoms with Crippen LogP contribution in [0.2, 0.25) is 10.0 Å². The van der Waals surface area contributed by atoms with E-state index < -0.39 is 24.3 Å². The number of aliphatic hydroxyl groups is 1. The van der Waals surface area contributed by atoms with Crippen molar-refractivity contribution in [1.82, 2.24) is 45.6 Å². The number of phenolic OH excluding ortho intramolecular Hbond substituents is 1. The number of nitrogens with one attached hydrogen (secondary N) is 4. The summed E-state index contributed by atoms with van der Waals surface area (Å²) in [6.07, 6.45) is 6.10. The number of hydrogen-bond donors (Lipinski definition) is 7. The van der Waals surface area contributed by atoms with Gasteiger partial charge in [-0.1, -0.05) is 48.3 Å². The van der Waals surface area contributed by atoms with Crippen LogP contribution in [-0.4, -0.2) is 96.3 Å². The van der Waals surface area contributed by atoms with Gasteiger partial charge in [0.2, 0.25) is 17.7 Å². The molecular weight excluding hydrogens is 799 g/mol. The number of nitrogens with zero attached hydrogens (tertiary/aromatic N) is 5. The van der Waals surface area contributed by atoms with Crippen molar-refractivity contribution in [3.8, 4) is 39.3 Å². The first-order chi connectivity index (χ1) is 28.4. The largest absolute Gasteiger partial charge is 0.508 e. The van der Waals surface area contributed by atoms with Crippen molar-refractivity contribution in [1.29, 1.82) is 0 Å². The molecule has 6 aromatic rings. The third kappa shape index (κ3) is 8.69. The van der Waals surface area contributed by atoms with Gasteiger partial charge in [-0.2, -0.15) is 5.10 Å². The number of hydrogen-bond acceptors (Lipinski definition) is 10. The highest BCUT2D eigenvalue weighted by molar-refractivity contribution is 6.45. The number of amides is 4. The summed E-state index contributed by atoms with van der Waals surface area (Å²) in [4.78, 5) is 64.0. The zero-order valence-corrected chi connectivity index (χ0v) is 33.3. The number of H-pyrrole nitrogens is 1. The van der Waals surface area contributed by atoms with Crippen molar-refractivity contribution < 1.29 is 29.4 Å². The number of pyridine rings is 2. The second-order valence-corrected chi connectivity index (χ2v) is 14.6. The average molecular weight is 840 g/mol. The van der Waals surface area contributed by atoms with Gasteiger partial charge < -0.3 is 41.8 Å². The fraction of sp³-hybridized carbons (Fsp3) is 0.244. The number of carbonyl (C=O) groups is 4. The number of aromatic hydroxyl groups is 1. The molecule has 0 spiro atoms. The van der Waals surface area contributed by atoms with E-state index in [9.17, 15) is 29.4 Å². The van der Waals surface area contributed by atoms with Crippen LogP contribution < -0.4 is 21.7 Å². The molecule has 304 valence electrons. The summed E-state index contributed by atoms with van der Waals surface area (Å²) in [6, 6.07) is 13.5. The fourth-order valence-corrected chi connectivity index (χ4v) is 7.58. The van der Waals surface area contributed by atoms with E-state index in [0.29, 0.717) is 52.0 Å². The van der Waals surface area contributed by atoms with E-state index in [-0.39, 0.29) is 50.1 Å². The number of fused-ring (bicyclic) bond motifs is 3. The van der Waals surface area contributed by atoms with Crippen LogP contribution in [0.5, 0.6) is 5.75 Å². The van der Waals surface area contributed by atoms with Crippen molar-refractivity contribution in [3.05, 3.63) is 99.7 Å². The second-order valence-electron chi connectivity index (χ2n) is 13.8. The molecule has 59 heavy (non-hydrogen) atoms. The Morgan fingerprint density at radius 2 is 1.69 bits per heavy atom. The van der Waals surface area contributed by atoms with Gasteiger partial charge >= 0.3 is 0 Å². The van der Waals surface area contributed by atoms with E-state index in [0.717, 1.165) is 44.5 Å². The van der Waals surface area contributed by atoms with Crippen LogP contribution in [0.25, 0.3) is 44.4 Å². The number of aliphatic hydroxyl groups excluding tert-OH is 1. The summed E-state index contributed by atoms with van der Waals surface area (Å²) in [7, 11) is 0. The van der Waals surface area contributed by atoms with Gasteiger partial charge in [-0.3, -0.25) is 28.8 Å². The Balaban J connectivity index is 0.892. The first-order valence-electron chi connectivity index (χ1n) is 18.7. The third-order valence-electron chi connectivity index (χ3n) is 10.1. The minimum Gasteiger partial charge on any atom is -0.508 e. The van der Waals surface area contributed by atoms with Gasteiger partial charge in [0.1, 0.15) is 30.4 Å². The van der Waals surface area contributed by atoms with Crippen LogP contribution in [0, 0.1) is 0 Å². The van der Waals surface area contributed by atoms with Gasteiger partial charge in [-0.25, -0.2) is 4.98 Å². The molecule has 0 saturated heterocycles. The molecule has 7 rings (SSSR count). The molecule has 0 unspecified atom stereocenters. The molecule has 0 bridgehead atoms. The number of nitrogens with two attached hydrogens (primary N) is 1. The van der Waals surface area contributed by atoms with Crippen molar-refractivity contribution in [2.75, 3.05) is 38.5 Å². The van der Waals surface area contributed by atoms with E-state index in [1.807, 2.05) is 6.92 Å². The highest BCUT2D eigenvalue weighted by Gasteiger charge is 2.27. The van der Waals surface area contributed by atoms with Crippen molar-refractivity contribution in [3.63, 3.8) is 0 Å². The normalized spacial score (nSPS) is 12.3. The van der Waals surface area contributed by atoms with E-state index in [2.05, 4.69) is 36.0 Å². The number of aromatic amines is 1. The van der Waals surface area contributed by atoms with E-state index in [4.69, 9.17) is 28.9 Å². The SMILES string of the molecule is CCc1c(-c2ccc(C(=O)NCCNC(=O)CNC(=O)Cn3ccc(-c4cc(Cl)c(Cl)c5[nH]c6c(c45)CN(C(=O)CO)CC6)n3)nc2)cnc(N)c1-c1ccc(O)cc1. The molecule has 0 aliphatic carbocycles. The summed E-state index contributed by atoms with van der Waals surface area (Å²) in [5, 5.41) is 33.1. The maximum absolute atomic E-state index is 12.8. The number of nitrogen functional groups attached to an aromatic ring is 1. The zero-order chi connectivity index (χ0) is 41.8. The van der Waals surface area contributed by atoms with Gasteiger partial charge in [0, 0.05) is 90.1 Å². The lowest BCUT2D eigenvalue weighted by atomic mass is 9.92. The fourth-order valence-electron chi connectivity index (χ4n) is 7.18. The first-order valence-corrected chi connectivity index (χ1v) is 19.5. The van der Waals surface area contributed by atoms with Crippen LogP contribution >= 0.6 is 23.2 Å². The predicted molar refractivity (Wildman–Crippen MR) is 222 cm³/mol. The molecule has 0 radical (unpaired) electrons. The number of aromatic nitrogens is 5. The Morgan fingerprint density at radius 3 is 2.42 bits per heavy atom. The minimum absolute atomic E-state index is 0.116. The van der Waals surface area contributed by atoms with Crippen molar-refractivity contribution in [2.24, 2.45) is 0 Å². The van der Waals surface area contributed by atoms with Crippen molar-refractivity contribution in [2.45, 2.75) is 32.9 Å². The molecule has 2 aromatic carbocycles. The maximum atomic E-state index is 12.8. The standard InChI is InChI=1S/C41H40Cl2N10O6/c1-2-25-27(17-49-40(44)36(25)22-3-6-24(55)7-4-22)23-5-8-32(47-16-23)41(59)46-12-11-45-33(56)18-48-34(57)20-53-14-10-31(51-53)26-15-29(42)38(43)39-37(26)28-19-52(35(58)21-54)13-9-30(28)50-39/h3-8,10,14-17,50,54-55H,2,9,11-13,18-21H2,1H3,(H2,44,49)(H,45,56)(H,46,59)(H,48,57). The molecule has 1 aliphatic rings. The number of anilines is 1. The van der Waals surface area contributed by atoms with Gasteiger partial charge in [0.15, 0.2) is 0 Å². The number of carbonyl (C=O) groups excluding carboxylic acids is 4. The molecular formula is C41H40Cl2N10O6. The maximum Gasteiger partial charge on any atom is 0.269 e. The third-order valence-corrected chi connectivity index (χ3v) is 10.9. The van der Waals surface area contributed by atoms with E-state index in [1.165, 1.54) is 4.68 Å². The Bertz CT molecular complexity index is 2570. The Morgan fingerprint density at radius 1 is 0.932 bits per heavy atom. The van der Waals surface area contributed by atoms with Gasteiger partial charge in [-0.15, -0.1) is 0 Å². The highest BCUT2D eigenvalue weighted by atomic mass is 35.5. The Hall–Kier alpha value is -6.49. The van der Waals surface area contributed by atoms with E-state index in [1.54, 1.807) is 72.0 Å². The topological polar surface area (TPSA) is 233 Å². The molecule has 18 heteroatoms. The molecule has 4 aromatic heterocycles. The average Bonchev–Trinajstić information content (AvgIpc) is 3.87. The first kappa shape index (κ1) is 40.7. The molecule has 8 N–H and O–H groups in total. The number of phenols is 1. The zero-order valence-electron chi connectivity index (χ0n) is 31.8. The lowest BCUT2D eigenvalue weighted by Crippen LogP contribution is -2.41. The molecule has 16 nitrogen and oxygen atoms in total. The Labute approximate surface area is 347 Å². The van der Waals surface area contributed by atoms with Crippen LogP contribution in [0.4, 0.5) is 5.82 Å². The van der Waals surface area contributed by atoms with Gasteiger partial charge in [0.25, 0.3) is 5.91 Å². The summed E-state index contributed by atoms with van der Waals surface area (Å²) < 4.78 is 1.43. The smallest absolute Gasteiger partial charge is 0.269 e. The van der Waals surface area contributed by atoms with Crippen LogP contribution in [-0.2, 0) is 40.3 Å². The van der Waals surface area contributed by atoms with Crippen LogP contribution in [0.3, 0.4) is 0 Å².